The molecule has 3 nitrogen and oxygen atoms in total. The number of rotatable bonds is 3. The molecule has 2 aromatic rings. The molecule has 94 valence electrons. The molecule has 5 heteroatoms. The van der Waals surface area contributed by atoms with Crippen LogP contribution < -0.4 is 10.5 Å². The minimum absolute atomic E-state index is 0.304. The van der Waals surface area contributed by atoms with E-state index in [1.165, 1.54) is 12.1 Å². The van der Waals surface area contributed by atoms with Crippen LogP contribution in [0.3, 0.4) is 0 Å². The van der Waals surface area contributed by atoms with Crippen LogP contribution in [0.15, 0.2) is 41.1 Å². The highest BCUT2D eigenvalue weighted by Crippen LogP contribution is 2.28. The van der Waals surface area contributed by atoms with Crippen molar-refractivity contribution in [3.8, 4) is 5.75 Å². The molecule has 0 fully saturated rings. The van der Waals surface area contributed by atoms with E-state index in [1.54, 1.807) is 25.6 Å². The maximum absolute atomic E-state index is 13.0. The molecule has 2 rings (SSSR count). The van der Waals surface area contributed by atoms with Gasteiger partial charge in [0.2, 0.25) is 0 Å². The van der Waals surface area contributed by atoms with Gasteiger partial charge in [-0.3, -0.25) is 4.98 Å². The summed E-state index contributed by atoms with van der Waals surface area (Å²) in [5.41, 5.74) is 7.75. The van der Waals surface area contributed by atoms with Crippen LogP contribution in [0, 0.1) is 5.82 Å². The van der Waals surface area contributed by atoms with E-state index in [2.05, 4.69) is 20.9 Å². The summed E-state index contributed by atoms with van der Waals surface area (Å²) in [4.78, 5) is 4.05. The number of pyridine rings is 1. The van der Waals surface area contributed by atoms with Crippen molar-refractivity contribution in [2.45, 2.75) is 6.04 Å². The van der Waals surface area contributed by atoms with E-state index in [-0.39, 0.29) is 11.9 Å². The van der Waals surface area contributed by atoms with E-state index < -0.39 is 0 Å². The number of hydrogen-bond donors (Lipinski definition) is 1. The number of ether oxygens (including phenoxy) is 1. The molecule has 1 aromatic carbocycles. The van der Waals surface area contributed by atoms with Gasteiger partial charge in [0.15, 0.2) is 0 Å². The van der Waals surface area contributed by atoms with Crippen molar-refractivity contribution in [3.63, 3.8) is 0 Å². The SMILES string of the molecule is COc1cncc(C(N)c2ccc(F)cc2Br)c1. The first-order valence-electron chi connectivity index (χ1n) is 5.31. The minimum atomic E-state index is -0.387. The third-order valence-electron chi connectivity index (χ3n) is 2.63. The molecule has 18 heavy (non-hydrogen) atoms. The van der Waals surface area contributed by atoms with Gasteiger partial charge in [-0.15, -0.1) is 0 Å². The molecule has 0 aliphatic rings. The topological polar surface area (TPSA) is 48.1 Å². The highest BCUT2D eigenvalue weighted by atomic mass is 79.9. The normalized spacial score (nSPS) is 12.2. The quantitative estimate of drug-likeness (QED) is 0.948. The van der Waals surface area contributed by atoms with Crippen LogP contribution in [-0.2, 0) is 0 Å². The van der Waals surface area contributed by atoms with Crippen molar-refractivity contribution in [1.29, 1.82) is 0 Å². The second-order valence-electron chi connectivity index (χ2n) is 3.80. The summed E-state index contributed by atoms with van der Waals surface area (Å²) in [5, 5.41) is 0. The summed E-state index contributed by atoms with van der Waals surface area (Å²) in [7, 11) is 1.57. The Bertz CT molecular complexity index is 562. The van der Waals surface area contributed by atoms with Gasteiger partial charge in [0.25, 0.3) is 0 Å². The highest BCUT2D eigenvalue weighted by molar-refractivity contribution is 9.10. The van der Waals surface area contributed by atoms with E-state index in [4.69, 9.17) is 10.5 Å². The van der Waals surface area contributed by atoms with Crippen LogP contribution in [0.1, 0.15) is 17.2 Å². The summed E-state index contributed by atoms with van der Waals surface area (Å²) in [6.45, 7) is 0. The Hall–Kier alpha value is -1.46. The molecule has 0 saturated carbocycles. The van der Waals surface area contributed by atoms with Gasteiger partial charge in [-0.2, -0.15) is 0 Å². The molecule has 0 amide bonds. The third kappa shape index (κ3) is 2.68. The first-order chi connectivity index (χ1) is 8.61. The van der Waals surface area contributed by atoms with Crippen LogP contribution in [0.5, 0.6) is 5.75 Å². The molecule has 0 aliphatic carbocycles. The maximum atomic E-state index is 13.0. The number of nitrogens with two attached hydrogens (primary N) is 1. The van der Waals surface area contributed by atoms with Gasteiger partial charge < -0.3 is 10.5 Å². The first kappa shape index (κ1) is 13.0. The van der Waals surface area contributed by atoms with Gasteiger partial charge in [0.1, 0.15) is 11.6 Å². The zero-order valence-electron chi connectivity index (χ0n) is 9.73. The van der Waals surface area contributed by atoms with Gasteiger partial charge >= 0.3 is 0 Å². The van der Waals surface area contributed by atoms with E-state index in [9.17, 15) is 4.39 Å². The van der Waals surface area contributed by atoms with Crippen LogP contribution in [0.4, 0.5) is 4.39 Å². The van der Waals surface area contributed by atoms with Crippen LogP contribution in [0.2, 0.25) is 0 Å². The Labute approximate surface area is 113 Å². The van der Waals surface area contributed by atoms with Crippen molar-refractivity contribution in [3.05, 3.63) is 58.1 Å². The van der Waals surface area contributed by atoms with E-state index in [1.807, 2.05) is 6.07 Å². The average Bonchev–Trinajstić information content (AvgIpc) is 2.38. The fourth-order valence-electron chi connectivity index (χ4n) is 1.65. The molecule has 1 aromatic heterocycles. The Morgan fingerprint density at radius 1 is 1.33 bits per heavy atom. The number of halogens is 2. The zero-order valence-corrected chi connectivity index (χ0v) is 11.3. The third-order valence-corrected chi connectivity index (χ3v) is 3.31. The van der Waals surface area contributed by atoms with E-state index in [0.717, 1.165) is 11.1 Å². The monoisotopic (exact) mass is 310 g/mol. The smallest absolute Gasteiger partial charge is 0.137 e. The highest BCUT2D eigenvalue weighted by Gasteiger charge is 2.13. The second-order valence-corrected chi connectivity index (χ2v) is 4.66. The van der Waals surface area contributed by atoms with Crippen LogP contribution in [0.25, 0.3) is 0 Å². The fourth-order valence-corrected chi connectivity index (χ4v) is 2.25. The molecule has 2 N–H and O–H groups in total. The predicted octanol–water partition coefficient (Wildman–Crippen LogP) is 3.04. The molecule has 0 spiro atoms. The number of nitrogens with zero attached hydrogens (tertiary/aromatic N) is 1. The average molecular weight is 311 g/mol. The Morgan fingerprint density at radius 2 is 2.11 bits per heavy atom. The van der Waals surface area contributed by atoms with E-state index in [0.29, 0.717) is 10.2 Å². The molecule has 1 atom stereocenters. The Morgan fingerprint density at radius 3 is 2.78 bits per heavy atom. The molecular weight excluding hydrogens is 299 g/mol. The largest absolute Gasteiger partial charge is 0.495 e. The molecule has 0 radical (unpaired) electrons. The fraction of sp³-hybridized carbons (Fsp3) is 0.154. The van der Waals surface area contributed by atoms with Crippen molar-refractivity contribution in [1.82, 2.24) is 4.98 Å². The number of methoxy groups -OCH3 is 1. The number of hydrogen-bond acceptors (Lipinski definition) is 3. The summed E-state index contributed by atoms with van der Waals surface area (Å²) >= 11 is 3.31. The van der Waals surface area contributed by atoms with Gasteiger partial charge in [-0.25, -0.2) is 4.39 Å². The molecule has 1 heterocycles. The van der Waals surface area contributed by atoms with Gasteiger partial charge in [0, 0.05) is 10.7 Å². The van der Waals surface area contributed by atoms with Crippen molar-refractivity contribution in [2.75, 3.05) is 7.11 Å². The van der Waals surface area contributed by atoms with Crippen molar-refractivity contribution < 1.29 is 9.13 Å². The molecule has 1 unspecified atom stereocenters. The number of aromatic nitrogens is 1. The summed E-state index contributed by atoms with van der Waals surface area (Å²) in [6.07, 6.45) is 3.28. The summed E-state index contributed by atoms with van der Waals surface area (Å²) < 4.78 is 18.8. The molecule has 0 aliphatic heterocycles. The molecule has 0 bridgehead atoms. The van der Waals surface area contributed by atoms with Gasteiger partial charge in [-0.1, -0.05) is 22.0 Å². The minimum Gasteiger partial charge on any atom is -0.495 e. The Kier molecular flexibility index (Phi) is 3.93. The van der Waals surface area contributed by atoms with Gasteiger partial charge in [0.05, 0.1) is 19.3 Å². The standard InChI is InChI=1S/C13H12BrFN2O/c1-18-10-4-8(6-17-7-10)13(16)11-3-2-9(15)5-12(11)14/h2-7,13H,16H2,1H3. The second kappa shape index (κ2) is 5.46. The molecule has 0 saturated heterocycles. The zero-order chi connectivity index (χ0) is 13.1. The summed E-state index contributed by atoms with van der Waals surface area (Å²) in [5.74, 6) is 0.336. The lowest BCUT2D eigenvalue weighted by Crippen LogP contribution is -2.13. The van der Waals surface area contributed by atoms with Crippen molar-refractivity contribution >= 4 is 15.9 Å². The van der Waals surface area contributed by atoms with Crippen LogP contribution in [-0.4, -0.2) is 12.1 Å². The molecular formula is C13H12BrFN2O. The van der Waals surface area contributed by atoms with Crippen LogP contribution >= 0.6 is 15.9 Å². The lowest BCUT2D eigenvalue weighted by atomic mass is 10.0. The van der Waals surface area contributed by atoms with E-state index >= 15 is 0 Å². The van der Waals surface area contributed by atoms with Gasteiger partial charge in [-0.05, 0) is 29.3 Å². The maximum Gasteiger partial charge on any atom is 0.137 e. The predicted molar refractivity (Wildman–Crippen MR) is 70.9 cm³/mol. The lowest BCUT2D eigenvalue weighted by Gasteiger charge is -2.14. The first-order valence-corrected chi connectivity index (χ1v) is 6.10. The Balaban J connectivity index is 2.37. The lowest BCUT2D eigenvalue weighted by molar-refractivity contribution is 0.412. The number of benzene rings is 1. The van der Waals surface area contributed by atoms with Crippen molar-refractivity contribution in [2.24, 2.45) is 5.73 Å². The summed E-state index contributed by atoms with van der Waals surface area (Å²) in [6, 6.07) is 5.86.